The van der Waals surface area contributed by atoms with E-state index in [9.17, 15) is 4.79 Å². The number of aryl methyl sites for hydroxylation is 2. The number of piperazine rings is 1. The molecule has 0 aliphatic carbocycles. The van der Waals surface area contributed by atoms with Gasteiger partial charge in [-0.25, -0.2) is 4.98 Å². The Labute approximate surface area is 338 Å². The van der Waals surface area contributed by atoms with Crippen LogP contribution in [0.15, 0.2) is 109 Å². The van der Waals surface area contributed by atoms with Gasteiger partial charge in [-0.2, -0.15) is 0 Å². The lowest BCUT2D eigenvalue weighted by atomic mass is 10.0. The highest BCUT2D eigenvalue weighted by Gasteiger charge is 2.20. The Balaban J connectivity index is 0.00000580. The van der Waals surface area contributed by atoms with Crippen molar-refractivity contribution in [1.29, 1.82) is 0 Å². The third kappa shape index (κ3) is 11.8. The van der Waals surface area contributed by atoms with Crippen molar-refractivity contribution in [2.45, 2.75) is 53.2 Å². The molecule has 9 heteroatoms. The van der Waals surface area contributed by atoms with Crippen molar-refractivity contribution in [3.63, 3.8) is 0 Å². The fraction of sp³-hybridized carbons (Fsp3) is 0.304. The molecule has 1 fully saturated rings. The SMILES string of the molecule is Cc1ccc(COc2ccc(Oc3c(C)cc(/C=C/C(=O)N4CCN(Cc5ccc(CCN(C)c6ccc(C(C)C)cc6)cc5)CC4)cc3Cl)nc2)cc1.Cl. The molecule has 0 saturated carbocycles. The second kappa shape index (κ2) is 19.7. The molecular weight excluding hydrogens is 727 g/mol. The number of hydrogen-bond acceptors (Lipinski definition) is 6. The van der Waals surface area contributed by atoms with Crippen molar-refractivity contribution in [2.24, 2.45) is 0 Å². The van der Waals surface area contributed by atoms with Crippen LogP contribution in [0.5, 0.6) is 17.4 Å². The molecule has 288 valence electrons. The molecule has 0 unspecified atom stereocenters. The Hall–Kier alpha value is -4.82. The van der Waals surface area contributed by atoms with Gasteiger partial charge >= 0.3 is 0 Å². The average Bonchev–Trinajstić information content (AvgIpc) is 3.18. The molecule has 7 nitrogen and oxygen atoms in total. The monoisotopic (exact) mass is 778 g/mol. The summed E-state index contributed by atoms with van der Waals surface area (Å²) < 4.78 is 11.9. The summed E-state index contributed by atoms with van der Waals surface area (Å²) in [5.74, 6) is 2.15. The van der Waals surface area contributed by atoms with Gasteiger partial charge in [-0.1, -0.05) is 91.7 Å². The Morgan fingerprint density at radius 2 is 1.55 bits per heavy atom. The summed E-state index contributed by atoms with van der Waals surface area (Å²) in [5.41, 5.74) is 9.24. The maximum Gasteiger partial charge on any atom is 0.246 e. The molecule has 0 spiro atoms. The quantitative estimate of drug-likeness (QED) is 0.105. The maximum absolute atomic E-state index is 13.1. The van der Waals surface area contributed by atoms with E-state index in [1.165, 1.54) is 27.9 Å². The first-order valence-corrected chi connectivity index (χ1v) is 19.2. The van der Waals surface area contributed by atoms with Crippen molar-refractivity contribution in [3.05, 3.63) is 153 Å². The van der Waals surface area contributed by atoms with Crippen LogP contribution in [-0.2, 0) is 24.4 Å². The fourth-order valence-corrected chi connectivity index (χ4v) is 6.77. The summed E-state index contributed by atoms with van der Waals surface area (Å²) >= 11 is 6.65. The van der Waals surface area contributed by atoms with Crippen LogP contribution in [0.25, 0.3) is 6.08 Å². The molecule has 1 aliphatic heterocycles. The molecule has 2 heterocycles. The molecule has 1 saturated heterocycles. The lowest BCUT2D eigenvalue weighted by Crippen LogP contribution is -2.47. The van der Waals surface area contributed by atoms with Gasteiger partial charge in [-0.3, -0.25) is 9.69 Å². The van der Waals surface area contributed by atoms with Gasteiger partial charge in [0.25, 0.3) is 0 Å². The second-order valence-corrected chi connectivity index (χ2v) is 14.9. The van der Waals surface area contributed by atoms with Crippen LogP contribution in [0.1, 0.15) is 58.7 Å². The first-order valence-electron chi connectivity index (χ1n) is 18.8. The van der Waals surface area contributed by atoms with E-state index in [2.05, 4.69) is 115 Å². The average molecular weight is 780 g/mol. The van der Waals surface area contributed by atoms with Gasteiger partial charge in [0.2, 0.25) is 11.8 Å². The van der Waals surface area contributed by atoms with E-state index in [1.807, 2.05) is 30.0 Å². The van der Waals surface area contributed by atoms with Crippen molar-refractivity contribution in [3.8, 4) is 17.4 Å². The number of benzene rings is 4. The van der Waals surface area contributed by atoms with Gasteiger partial charge in [0.05, 0.1) is 11.2 Å². The van der Waals surface area contributed by atoms with Gasteiger partial charge in [0, 0.05) is 64.1 Å². The minimum atomic E-state index is 0. The number of rotatable bonds is 14. The van der Waals surface area contributed by atoms with E-state index >= 15 is 0 Å². The van der Waals surface area contributed by atoms with Gasteiger partial charge in [0.15, 0.2) is 5.75 Å². The summed E-state index contributed by atoms with van der Waals surface area (Å²) in [6.07, 6.45) is 6.09. The predicted octanol–water partition coefficient (Wildman–Crippen LogP) is 10.3. The highest BCUT2D eigenvalue weighted by molar-refractivity contribution is 6.32. The number of halogens is 2. The van der Waals surface area contributed by atoms with Crippen molar-refractivity contribution in [2.75, 3.05) is 44.7 Å². The molecule has 55 heavy (non-hydrogen) atoms. The number of amides is 1. The summed E-state index contributed by atoms with van der Waals surface area (Å²) in [6, 6.07) is 33.5. The Morgan fingerprint density at radius 1 is 0.873 bits per heavy atom. The summed E-state index contributed by atoms with van der Waals surface area (Å²) in [5, 5.41) is 0.449. The van der Waals surface area contributed by atoms with Gasteiger partial charge in [0.1, 0.15) is 12.4 Å². The molecule has 0 bridgehead atoms. The Morgan fingerprint density at radius 3 is 2.18 bits per heavy atom. The number of carbonyl (C=O) groups excluding carboxylic acids is 1. The molecule has 6 rings (SSSR count). The summed E-state index contributed by atoms with van der Waals surface area (Å²) in [6.45, 7) is 13.8. The standard InChI is InChI=1S/C46H51ClN4O3.ClH/c1-33(2)40-15-17-41(18-16-40)49(5)23-22-36-10-12-37(13-11-36)31-50-24-26-51(27-25-50)45(52)21-14-39-28-35(4)46(43(47)29-39)54-44-20-19-42(30-48-44)53-32-38-8-6-34(3)7-9-38;/h6-21,28-30,33H,22-27,31-32H2,1-5H3;1H/b21-14+;. The Bertz CT molecular complexity index is 1980. The minimum absolute atomic E-state index is 0. The van der Waals surface area contributed by atoms with Crippen LogP contribution < -0.4 is 14.4 Å². The number of hydrogen-bond donors (Lipinski definition) is 0. The van der Waals surface area contributed by atoms with Crippen LogP contribution in [-0.4, -0.2) is 60.5 Å². The zero-order chi connectivity index (χ0) is 38.0. The topological polar surface area (TPSA) is 58.1 Å². The van der Waals surface area contributed by atoms with E-state index in [-0.39, 0.29) is 18.3 Å². The minimum Gasteiger partial charge on any atom is -0.487 e. The van der Waals surface area contributed by atoms with E-state index in [0.717, 1.165) is 49.3 Å². The van der Waals surface area contributed by atoms with Gasteiger partial charge in [-0.05, 0) is 96.0 Å². The molecule has 0 atom stereocenters. The normalized spacial score (nSPS) is 13.2. The summed E-state index contributed by atoms with van der Waals surface area (Å²) in [7, 11) is 2.16. The number of ether oxygens (including phenoxy) is 2. The largest absolute Gasteiger partial charge is 0.487 e. The van der Waals surface area contributed by atoms with E-state index in [1.54, 1.807) is 24.4 Å². The van der Waals surface area contributed by atoms with E-state index in [4.69, 9.17) is 21.1 Å². The molecule has 1 amide bonds. The van der Waals surface area contributed by atoms with Crippen LogP contribution in [0, 0.1) is 13.8 Å². The van der Waals surface area contributed by atoms with Crippen molar-refractivity contribution >= 4 is 41.7 Å². The number of pyridine rings is 1. The third-order valence-electron chi connectivity index (χ3n) is 9.96. The van der Waals surface area contributed by atoms with Crippen LogP contribution in [0.2, 0.25) is 5.02 Å². The van der Waals surface area contributed by atoms with E-state index < -0.39 is 0 Å². The number of nitrogens with zero attached hydrogens (tertiary/aromatic N) is 4. The molecular formula is C46H52Cl2N4O3. The fourth-order valence-electron chi connectivity index (χ4n) is 6.46. The van der Waals surface area contributed by atoms with Gasteiger partial charge < -0.3 is 19.3 Å². The second-order valence-electron chi connectivity index (χ2n) is 14.5. The third-order valence-corrected chi connectivity index (χ3v) is 10.2. The number of likely N-dealkylation sites (N-methyl/N-ethyl adjacent to an activating group) is 1. The number of carbonyl (C=O) groups is 1. The molecule has 1 aromatic heterocycles. The molecule has 5 aromatic rings. The van der Waals surface area contributed by atoms with Crippen molar-refractivity contribution in [1.82, 2.24) is 14.8 Å². The van der Waals surface area contributed by atoms with E-state index in [0.29, 0.717) is 48.0 Å². The van der Waals surface area contributed by atoms with Gasteiger partial charge in [-0.15, -0.1) is 12.4 Å². The zero-order valence-electron chi connectivity index (χ0n) is 32.5. The number of anilines is 1. The molecule has 0 radical (unpaired) electrons. The van der Waals surface area contributed by atoms with Crippen LogP contribution in [0.4, 0.5) is 5.69 Å². The van der Waals surface area contributed by atoms with Crippen LogP contribution in [0.3, 0.4) is 0 Å². The lowest BCUT2D eigenvalue weighted by molar-refractivity contribution is -0.127. The number of aromatic nitrogens is 1. The highest BCUT2D eigenvalue weighted by Crippen LogP contribution is 2.34. The molecule has 4 aromatic carbocycles. The predicted molar refractivity (Wildman–Crippen MR) is 228 cm³/mol. The highest BCUT2D eigenvalue weighted by atomic mass is 35.5. The smallest absolute Gasteiger partial charge is 0.246 e. The molecule has 1 aliphatic rings. The maximum atomic E-state index is 13.1. The lowest BCUT2D eigenvalue weighted by Gasteiger charge is -2.34. The first kappa shape index (κ1) is 41.3. The zero-order valence-corrected chi connectivity index (χ0v) is 34.1. The van der Waals surface area contributed by atoms with Crippen molar-refractivity contribution < 1.29 is 14.3 Å². The summed E-state index contributed by atoms with van der Waals surface area (Å²) in [4.78, 5) is 24.1. The van der Waals surface area contributed by atoms with Crippen LogP contribution >= 0.6 is 24.0 Å². The first-order chi connectivity index (χ1) is 26.1. The molecule has 0 N–H and O–H groups in total. The Kier molecular flexibility index (Phi) is 14.8.